The second-order valence-electron chi connectivity index (χ2n) is 4.42. The van der Waals surface area contributed by atoms with Crippen molar-refractivity contribution in [2.75, 3.05) is 13.2 Å². The molecule has 1 heterocycles. The lowest BCUT2D eigenvalue weighted by atomic mass is 10.0. The first-order valence-electron chi connectivity index (χ1n) is 6.32. The van der Waals surface area contributed by atoms with Crippen LogP contribution < -0.4 is 0 Å². The van der Waals surface area contributed by atoms with E-state index in [1.807, 2.05) is 6.92 Å². The van der Waals surface area contributed by atoms with Crippen molar-refractivity contribution in [2.45, 2.75) is 52.1 Å². The van der Waals surface area contributed by atoms with Gasteiger partial charge in [-0.15, -0.1) is 0 Å². The van der Waals surface area contributed by atoms with E-state index in [4.69, 9.17) is 14.2 Å². The third-order valence-electron chi connectivity index (χ3n) is 2.77. The zero-order chi connectivity index (χ0) is 13.5. The molecule has 0 saturated carbocycles. The van der Waals surface area contributed by atoms with Gasteiger partial charge in [-0.1, -0.05) is 5.57 Å². The van der Waals surface area contributed by atoms with Gasteiger partial charge < -0.3 is 19.3 Å². The van der Waals surface area contributed by atoms with Crippen LogP contribution in [0.2, 0.25) is 0 Å². The summed E-state index contributed by atoms with van der Waals surface area (Å²) in [5.74, 6) is -0.322. The van der Waals surface area contributed by atoms with Crippen LogP contribution in [-0.4, -0.2) is 42.8 Å². The van der Waals surface area contributed by atoms with Crippen molar-refractivity contribution in [3.05, 3.63) is 11.6 Å². The molecule has 1 aliphatic heterocycles. The van der Waals surface area contributed by atoms with Crippen LogP contribution in [0.5, 0.6) is 0 Å². The SMILES string of the molecule is CCOC(=O)/C=C(\C)CC[C@H]1O[C@@H](C)OC[C@H]1O. The highest BCUT2D eigenvalue weighted by Gasteiger charge is 2.27. The maximum absolute atomic E-state index is 11.2. The van der Waals surface area contributed by atoms with Gasteiger partial charge in [-0.05, 0) is 33.6 Å². The molecule has 0 spiro atoms. The summed E-state index contributed by atoms with van der Waals surface area (Å²) in [4.78, 5) is 11.2. The molecule has 0 aromatic heterocycles. The van der Waals surface area contributed by atoms with Crippen molar-refractivity contribution in [1.29, 1.82) is 0 Å². The number of hydrogen-bond acceptors (Lipinski definition) is 5. The van der Waals surface area contributed by atoms with Gasteiger partial charge in [-0.3, -0.25) is 0 Å². The number of carbonyl (C=O) groups is 1. The zero-order valence-corrected chi connectivity index (χ0v) is 11.2. The van der Waals surface area contributed by atoms with Crippen LogP contribution in [0.15, 0.2) is 11.6 Å². The fourth-order valence-corrected chi connectivity index (χ4v) is 1.81. The van der Waals surface area contributed by atoms with E-state index in [0.29, 0.717) is 26.1 Å². The average molecular weight is 258 g/mol. The van der Waals surface area contributed by atoms with Gasteiger partial charge in [0.2, 0.25) is 0 Å². The van der Waals surface area contributed by atoms with E-state index in [9.17, 15) is 9.90 Å². The van der Waals surface area contributed by atoms with Crippen LogP contribution in [-0.2, 0) is 19.0 Å². The molecule has 18 heavy (non-hydrogen) atoms. The minimum absolute atomic E-state index is 0.237. The molecule has 1 rings (SSSR count). The zero-order valence-electron chi connectivity index (χ0n) is 11.2. The predicted molar refractivity (Wildman–Crippen MR) is 65.9 cm³/mol. The van der Waals surface area contributed by atoms with Crippen molar-refractivity contribution in [2.24, 2.45) is 0 Å². The summed E-state index contributed by atoms with van der Waals surface area (Å²) < 4.78 is 15.5. The molecule has 0 aliphatic carbocycles. The van der Waals surface area contributed by atoms with Crippen LogP contribution in [0, 0.1) is 0 Å². The number of carbonyl (C=O) groups excluding carboxylic acids is 1. The summed E-state index contributed by atoms with van der Waals surface area (Å²) in [5, 5.41) is 9.70. The summed E-state index contributed by atoms with van der Waals surface area (Å²) in [6.45, 7) is 6.12. The first-order chi connectivity index (χ1) is 8.52. The summed E-state index contributed by atoms with van der Waals surface area (Å²) in [7, 11) is 0. The lowest BCUT2D eigenvalue weighted by Gasteiger charge is -2.32. The minimum atomic E-state index is -0.600. The molecule has 5 nitrogen and oxygen atoms in total. The molecule has 0 amide bonds. The molecular formula is C13H22O5. The molecule has 3 atom stereocenters. The first kappa shape index (κ1) is 15.1. The Morgan fingerprint density at radius 2 is 2.28 bits per heavy atom. The Morgan fingerprint density at radius 3 is 2.94 bits per heavy atom. The van der Waals surface area contributed by atoms with Gasteiger partial charge in [0, 0.05) is 6.08 Å². The molecule has 0 bridgehead atoms. The summed E-state index contributed by atoms with van der Waals surface area (Å²) in [5.41, 5.74) is 0.920. The van der Waals surface area contributed by atoms with Crippen molar-refractivity contribution in [3.8, 4) is 0 Å². The average Bonchev–Trinajstić information content (AvgIpc) is 2.30. The van der Waals surface area contributed by atoms with E-state index in [0.717, 1.165) is 5.57 Å². The molecule has 104 valence electrons. The standard InChI is InChI=1S/C13H22O5/c1-4-16-13(15)7-9(2)5-6-12-11(14)8-17-10(3)18-12/h7,10-12,14H,4-6,8H2,1-3H3/b9-7+/t10-,11+,12+/m0/s1. The highest BCUT2D eigenvalue weighted by atomic mass is 16.7. The second-order valence-corrected chi connectivity index (χ2v) is 4.42. The van der Waals surface area contributed by atoms with E-state index in [1.54, 1.807) is 13.8 Å². The topological polar surface area (TPSA) is 65.0 Å². The lowest BCUT2D eigenvalue weighted by molar-refractivity contribution is -0.245. The second kappa shape index (κ2) is 7.51. The van der Waals surface area contributed by atoms with E-state index in [2.05, 4.69) is 0 Å². The Morgan fingerprint density at radius 1 is 1.56 bits per heavy atom. The van der Waals surface area contributed by atoms with Crippen molar-refractivity contribution in [1.82, 2.24) is 0 Å². The maximum Gasteiger partial charge on any atom is 0.330 e. The molecular weight excluding hydrogens is 236 g/mol. The molecule has 1 N–H and O–H groups in total. The Hall–Kier alpha value is -0.910. The fraction of sp³-hybridized carbons (Fsp3) is 0.769. The number of aliphatic hydroxyl groups excluding tert-OH is 1. The van der Waals surface area contributed by atoms with E-state index in [-0.39, 0.29) is 18.4 Å². The van der Waals surface area contributed by atoms with Gasteiger partial charge in [-0.25, -0.2) is 4.79 Å². The number of allylic oxidation sites excluding steroid dienone is 1. The Balaban J connectivity index is 2.37. The third-order valence-corrected chi connectivity index (χ3v) is 2.77. The monoisotopic (exact) mass is 258 g/mol. The predicted octanol–water partition coefficient (Wildman–Crippen LogP) is 1.40. The van der Waals surface area contributed by atoms with Crippen LogP contribution in [0.25, 0.3) is 0 Å². The molecule has 1 saturated heterocycles. The first-order valence-corrected chi connectivity index (χ1v) is 6.32. The summed E-state index contributed by atoms with van der Waals surface area (Å²) in [6, 6.07) is 0. The smallest absolute Gasteiger partial charge is 0.330 e. The Labute approximate surface area is 108 Å². The third kappa shape index (κ3) is 5.16. The number of rotatable bonds is 5. The fourth-order valence-electron chi connectivity index (χ4n) is 1.81. The largest absolute Gasteiger partial charge is 0.463 e. The Kier molecular flexibility index (Phi) is 6.32. The van der Waals surface area contributed by atoms with Crippen molar-refractivity contribution >= 4 is 5.97 Å². The van der Waals surface area contributed by atoms with Crippen LogP contribution in [0.3, 0.4) is 0 Å². The van der Waals surface area contributed by atoms with E-state index < -0.39 is 6.10 Å². The molecule has 1 fully saturated rings. The highest BCUT2D eigenvalue weighted by Crippen LogP contribution is 2.19. The van der Waals surface area contributed by atoms with Gasteiger partial charge in [0.05, 0.1) is 19.3 Å². The molecule has 0 aromatic rings. The summed E-state index contributed by atoms with van der Waals surface area (Å²) in [6.07, 6.45) is 1.71. The number of ether oxygens (including phenoxy) is 3. The Bertz CT molecular complexity index is 300. The van der Waals surface area contributed by atoms with Gasteiger partial charge in [-0.2, -0.15) is 0 Å². The lowest BCUT2D eigenvalue weighted by Crippen LogP contribution is -2.42. The number of esters is 1. The molecule has 1 aliphatic rings. The van der Waals surface area contributed by atoms with E-state index >= 15 is 0 Å². The van der Waals surface area contributed by atoms with E-state index in [1.165, 1.54) is 6.08 Å². The highest BCUT2D eigenvalue weighted by molar-refractivity contribution is 5.82. The molecule has 0 unspecified atom stereocenters. The van der Waals surface area contributed by atoms with Gasteiger partial charge in [0.25, 0.3) is 0 Å². The van der Waals surface area contributed by atoms with Crippen LogP contribution in [0.1, 0.15) is 33.6 Å². The van der Waals surface area contributed by atoms with Crippen molar-refractivity contribution in [3.63, 3.8) is 0 Å². The minimum Gasteiger partial charge on any atom is -0.463 e. The quantitative estimate of drug-likeness (QED) is 0.596. The maximum atomic E-state index is 11.2. The van der Waals surface area contributed by atoms with Crippen molar-refractivity contribution < 1.29 is 24.1 Å². The summed E-state index contributed by atoms with van der Waals surface area (Å²) >= 11 is 0. The van der Waals surface area contributed by atoms with Crippen LogP contribution in [0.4, 0.5) is 0 Å². The van der Waals surface area contributed by atoms with Crippen LogP contribution >= 0.6 is 0 Å². The van der Waals surface area contributed by atoms with Gasteiger partial charge in [0.15, 0.2) is 6.29 Å². The molecule has 0 aromatic carbocycles. The number of aliphatic hydroxyl groups is 1. The molecule has 0 radical (unpaired) electrons. The molecule has 5 heteroatoms. The van der Waals surface area contributed by atoms with Gasteiger partial charge >= 0.3 is 5.97 Å². The normalized spacial score (nSPS) is 29.1. The van der Waals surface area contributed by atoms with Gasteiger partial charge in [0.1, 0.15) is 6.10 Å². The number of hydrogen-bond donors (Lipinski definition) is 1.